The Balaban J connectivity index is 1.51. The molecule has 4 nitrogen and oxygen atoms in total. The molecule has 0 unspecified atom stereocenters. The molecule has 1 saturated carbocycles. The van der Waals surface area contributed by atoms with Gasteiger partial charge in [-0.15, -0.1) is 0 Å². The standard InChI is InChI=1S/C17H21FN2O2/c18-17(16(22)19-12-13-4-2-1-3-5-13)8-10-20(11-9-17)15(21)14-6-7-14/h1-5,14H,6-12H2,(H,19,22). The van der Waals surface area contributed by atoms with Gasteiger partial charge in [-0.1, -0.05) is 30.3 Å². The molecule has 5 heteroatoms. The molecule has 0 atom stereocenters. The number of halogens is 1. The van der Waals surface area contributed by atoms with Gasteiger partial charge in [0.05, 0.1) is 0 Å². The Hall–Kier alpha value is -1.91. The topological polar surface area (TPSA) is 49.4 Å². The zero-order chi connectivity index (χ0) is 15.6. The summed E-state index contributed by atoms with van der Waals surface area (Å²) in [5.74, 6) is -0.277. The largest absolute Gasteiger partial charge is 0.349 e. The molecular formula is C17H21FN2O2. The highest BCUT2D eigenvalue weighted by Gasteiger charge is 2.44. The number of rotatable bonds is 4. The molecule has 1 aromatic carbocycles. The minimum absolute atomic E-state index is 0.0894. The predicted molar refractivity (Wildman–Crippen MR) is 80.7 cm³/mol. The van der Waals surface area contributed by atoms with E-state index in [1.165, 1.54) is 0 Å². The number of carbonyl (C=O) groups is 2. The van der Waals surface area contributed by atoms with E-state index in [1.54, 1.807) is 4.90 Å². The van der Waals surface area contributed by atoms with Crippen molar-refractivity contribution < 1.29 is 14.0 Å². The van der Waals surface area contributed by atoms with Crippen molar-refractivity contribution in [3.63, 3.8) is 0 Å². The molecule has 1 aromatic rings. The Kier molecular flexibility index (Phi) is 4.14. The van der Waals surface area contributed by atoms with E-state index in [0.29, 0.717) is 19.6 Å². The van der Waals surface area contributed by atoms with E-state index in [0.717, 1.165) is 18.4 Å². The Bertz CT molecular complexity index is 549. The number of nitrogens with zero attached hydrogens (tertiary/aromatic N) is 1. The zero-order valence-electron chi connectivity index (χ0n) is 12.6. The minimum Gasteiger partial charge on any atom is -0.349 e. The lowest BCUT2D eigenvalue weighted by atomic mass is 9.92. The van der Waals surface area contributed by atoms with Crippen LogP contribution in [0.2, 0.25) is 0 Å². The van der Waals surface area contributed by atoms with Crippen molar-refractivity contribution >= 4 is 11.8 Å². The number of hydrogen-bond acceptors (Lipinski definition) is 2. The summed E-state index contributed by atoms with van der Waals surface area (Å²) < 4.78 is 14.8. The molecule has 1 heterocycles. The number of alkyl halides is 1. The average Bonchev–Trinajstić information content (AvgIpc) is 3.38. The lowest BCUT2D eigenvalue weighted by Crippen LogP contribution is -2.52. The van der Waals surface area contributed by atoms with Crippen LogP contribution in [0.4, 0.5) is 4.39 Å². The van der Waals surface area contributed by atoms with Gasteiger partial charge in [0, 0.05) is 38.4 Å². The van der Waals surface area contributed by atoms with Crippen LogP contribution < -0.4 is 5.32 Å². The van der Waals surface area contributed by atoms with Crippen LogP contribution in [0.25, 0.3) is 0 Å². The SMILES string of the molecule is O=C(C1CC1)N1CCC(F)(C(=O)NCc2ccccc2)CC1. The normalized spacial score (nSPS) is 20.5. The molecule has 1 saturated heterocycles. The second-order valence-electron chi connectivity index (χ2n) is 6.23. The van der Waals surface area contributed by atoms with E-state index in [-0.39, 0.29) is 24.7 Å². The third-order valence-corrected chi connectivity index (χ3v) is 4.50. The third-order valence-electron chi connectivity index (χ3n) is 4.50. The van der Waals surface area contributed by atoms with Gasteiger partial charge >= 0.3 is 0 Å². The first-order chi connectivity index (χ1) is 10.6. The molecule has 2 amide bonds. The van der Waals surface area contributed by atoms with E-state index < -0.39 is 11.6 Å². The number of benzene rings is 1. The number of likely N-dealkylation sites (tertiary alicyclic amines) is 1. The molecule has 0 bridgehead atoms. The average molecular weight is 304 g/mol. The lowest BCUT2D eigenvalue weighted by molar-refractivity contribution is -0.142. The summed E-state index contributed by atoms with van der Waals surface area (Å²) in [5, 5.41) is 2.67. The monoisotopic (exact) mass is 304 g/mol. The molecular weight excluding hydrogens is 283 g/mol. The smallest absolute Gasteiger partial charge is 0.258 e. The summed E-state index contributed by atoms with van der Waals surface area (Å²) in [4.78, 5) is 25.8. The van der Waals surface area contributed by atoms with Crippen LogP contribution >= 0.6 is 0 Å². The Morgan fingerprint density at radius 2 is 1.82 bits per heavy atom. The second-order valence-corrected chi connectivity index (χ2v) is 6.23. The van der Waals surface area contributed by atoms with E-state index in [2.05, 4.69) is 5.32 Å². The Labute approximate surface area is 129 Å². The van der Waals surface area contributed by atoms with Crippen LogP contribution in [0.1, 0.15) is 31.2 Å². The van der Waals surface area contributed by atoms with Gasteiger partial charge in [0.1, 0.15) is 0 Å². The fraction of sp³-hybridized carbons (Fsp3) is 0.529. The molecule has 1 aliphatic carbocycles. The van der Waals surface area contributed by atoms with Crippen molar-refractivity contribution in [2.45, 2.75) is 37.9 Å². The van der Waals surface area contributed by atoms with Gasteiger partial charge in [0.2, 0.25) is 5.91 Å². The molecule has 1 aliphatic heterocycles. The van der Waals surface area contributed by atoms with Crippen molar-refractivity contribution in [3.8, 4) is 0 Å². The molecule has 118 valence electrons. The van der Waals surface area contributed by atoms with Crippen molar-refractivity contribution in [2.24, 2.45) is 5.92 Å². The Morgan fingerprint density at radius 3 is 2.41 bits per heavy atom. The van der Waals surface area contributed by atoms with Crippen molar-refractivity contribution in [2.75, 3.05) is 13.1 Å². The van der Waals surface area contributed by atoms with Crippen molar-refractivity contribution in [1.29, 1.82) is 0 Å². The zero-order valence-corrected chi connectivity index (χ0v) is 12.6. The van der Waals surface area contributed by atoms with Crippen LogP contribution in [0.3, 0.4) is 0 Å². The summed E-state index contributed by atoms with van der Waals surface area (Å²) in [6.45, 7) is 1.01. The molecule has 2 aliphatic rings. The number of piperidine rings is 1. The maximum absolute atomic E-state index is 14.8. The number of amides is 2. The van der Waals surface area contributed by atoms with Crippen LogP contribution in [0, 0.1) is 5.92 Å². The first-order valence-corrected chi connectivity index (χ1v) is 7.88. The molecule has 0 spiro atoms. The molecule has 0 aromatic heterocycles. The highest BCUT2D eigenvalue weighted by Crippen LogP contribution is 2.34. The van der Waals surface area contributed by atoms with Gasteiger partial charge < -0.3 is 10.2 Å². The highest BCUT2D eigenvalue weighted by atomic mass is 19.1. The van der Waals surface area contributed by atoms with Gasteiger partial charge in [-0.25, -0.2) is 4.39 Å². The number of nitrogens with one attached hydrogen (secondary N) is 1. The molecule has 0 radical (unpaired) electrons. The van der Waals surface area contributed by atoms with Gasteiger partial charge in [-0.2, -0.15) is 0 Å². The van der Waals surface area contributed by atoms with Crippen LogP contribution in [-0.2, 0) is 16.1 Å². The second kappa shape index (κ2) is 6.07. The van der Waals surface area contributed by atoms with E-state index >= 15 is 0 Å². The van der Waals surface area contributed by atoms with E-state index in [9.17, 15) is 14.0 Å². The molecule has 22 heavy (non-hydrogen) atoms. The van der Waals surface area contributed by atoms with Gasteiger partial charge in [0.15, 0.2) is 5.67 Å². The molecule has 1 N–H and O–H groups in total. The van der Waals surface area contributed by atoms with Crippen LogP contribution in [0.5, 0.6) is 0 Å². The van der Waals surface area contributed by atoms with Gasteiger partial charge in [-0.05, 0) is 18.4 Å². The summed E-state index contributed by atoms with van der Waals surface area (Å²) in [6, 6.07) is 9.45. The first kappa shape index (κ1) is 15.0. The fourth-order valence-electron chi connectivity index (χ4n) is 2.83. The van der Waals surface area contributed by atoms with E-state index in [1.807, 2.05) is 30.3 Å². The summed E-state index contributed by atoms with van der Waals surface area (Å²) in [7, 11) is 0. The van der Waals surface area contributed by atoms with Crippen molar-refractivity contribution in [3.05, 3.63) is 35.9 Å². The highest BCUT2D eigenvalue weighted by molar-refractivity contribution is 5.86. The van der Waals surface area contributed by atoms with Crippen LogP contribution in [0.15, 0.2) is 30.3 Å². The lowest BCUT2D eigenvalue weighted by Gasteiger charge is -2.35. The summed E-state index contributed by atoms with van der Waals surface area (Å²) >= 11 is 0. The molecule has 2 fully saturated rings. The maximum atomic E-state index is 14.8. The number of carbonyl (C=O) groups excluding carboxylic acids is 2. The third kappa shape index (κ3) is 3.29. The summed E-state index contributed by atoms with van der Waals surface area (Å²) in [5.41, 5.74) is -0.907. The maximum Gasteiger partial charge on any atom is 0.258 e. The minimum atomic E-state index is -1.85. The predicted octanol–water partition coefficient (Wildman–Crippen LogP) is 2.04. The quantitative estimate of drug-likeness (QED) is 0.925. The number of hydrogen-bond donors (Lipinski definition) is 1. The van der Waals surface area contributed by atoms with Gasteiger partial charge in [0.25, 0.3) is 5.91 Å². The van der Waals surface area contributed by atoms with Crippen molar-refractivity contribution in [1.82, 2.24) is 10.2 Å². The van der Waals surface area contributed by atoms with Gasteiger partial charge in [-0.3, -0.25) is 9.59 Å². The first-order valence-electron chi connectivity index (χ1n) is 7.88. The molecule has 3 rings (SSSR count). The fourth-order valence-corrected chi connectivity index (χ4v) is 2.83. The summed E-state index contributed by atoms with van der Waals surface area (Å²) in [6.07, 6.45) is 2.08. The Morgan fingerprint density at radius 1 is 1.18 bits per heavy atom. The van der Waals surface area contributed by atoms with E-state index in [4.69, 9.17) is 0 Å². The van der Waals surface area contributed by atoms with Crippen LogP contribution in [-0.4, -0.2) is 35.5 Å².